The van der Waals surface area contributed by atoms with Crippen molar-refractivity contribution in [2.24, 2.45) is 5.92 Å². The van der Waals surface area contributed by atoms with Gasteiger partial charge >= 0.3 is 0 Å². The Balaban J connectivity index is 1.48. The summed E-state index contributed by atoms with van der Waals surface area (Å²) in [4.78, 5) is 0. The van der Waals surface area contributed by atoms with Crippen LogP contribution in [0.25, 0.3) is 0 Å². The summed E-state index contributed by atoms with van der Waals surface area (Å²) in [5, 5.41) is 3.55. The SMILES string of the molecule is CCCNC1CC(OCC2CCCC2)C1. The van der Waals surface area contributed by atoms with Crippen LogP contribution in [0.2, 0.25) is 0 Å². The predicted molar refractivity (Wildman–Crippen MR) is 63.0 cm³/mol. The van der Waals surface area contributed by atoms with E-state index in [4.69, 9.17) is 4.74 Å². The molecule has 0 atom stereocenters. The summed E-state index contributed by atoms with van der Waals surface area (Å²) in [6.07, 6.45) is 9.97. The van der Waals surface area contributed by atoms with Crippen molar-refractivity contribution in [3.8, 4) is 0 Å². The van der Waals surface area contributed by atoms with Crippen molar-refractivity contribution in [2.75, 3.05) is 13.2 Å². The number of nitrogens with one attached hydrogen (secondary N) is 1. The lowest BCUT2D eigenvalue weighted by molar-refractivity contribution is -0.0310. The van der Waals surface area contributed by atoms with Gasteiger partial charge in [-0.15, -0.1) is 0 Å². The molecule has 88 valence electrons. The third-order valence-corrected chi connectivity index (χ3v) is 3.82. The zero-order chi connectivity index (χ0) is 10.5. The van der Waals surface area contributed by atoms with Crippen molar-refractivity contribution >= 4 is 0 Å². The molecule has 0 heterocycles. The monoisotopic (exact) mass is 211 g/mol. The van der Waals surface area contributed by atoms with E-state index in [9.17, 15) is 0 Å². The molecule has 2 fully saturated rings. The molecule has 2 rings (SSSR count). The van der Waals surface area contributed by atoms with Gasteiger partial charge in [-0.2, -0.15) is 0 Å². The van der Waals surface area contributed by atoms with Crippen LogP contribution in [0.3, 0.4) is 0 Å². The minimum Gasteiger partial charge on any atom is -0.378 e. The number of hydrogen-bond donors (Lipinski definition) is 1. The molecule has 0 bridgehead atoms. The van der Waals surface area contributed by atoms with Gasteiger partial charge in [0.2, 0.25) is 0 Å². The van der Waals surface area contributed by atoms with Crippen LogP contribution in [-0.4, -0.2) is 25.3 Å². The zero-order valence-corrected chi connectivity index (χ0v) is 10.0. The maximum atomic E-state index is 5.93. The van der Waals surface area contributed by atoms with E-state index in [-0.39, 0.29) is 0 Å². The van der Waals surface area contributed by atoms with Gasteiger partial charge in [-0.05, 0) is 44.6 Å². The van der Waals surface area contributed by atoms with Crippen LogP contribution in [-0.2, 0) is 4.74 Å². The second-order valence-electron chi connectivity index (χ2n) is 5.23. The van der Waals surface area contributed by atoms with Crippen molar-refractivity contribution in [3.63, 3.8) is 0 Å². The van der Waals surface area contributed by atoms with Gasteiger partial charge in [0.25, 0.3) is 0 Å². The molecule has 0 spiro atoms. The van der Waals surface area contributed by atoms with Crippen molar-refractivity contribution in [1.29, 1.82) is 0 Å². The van der Waals surface area contributed by atoms with Crippen molar-refractivity contribution in [3.05, 3.63) is 0 Å². The minimum atomic E-state index is 0.569. The first-order valence-corrected chi connectivity index (χ1v) is 6.73. The molecule has 2 aliphatic carbocycles. The van der Waals surface area contributed by atoms with Crippen LogP contribution < -0.4 is 5.32 Å². The van der Waals surface area contributed by atoms with Gasteiger partial charge in [0.05, 0.1) is 6.10 Å². The van der Waals surface area contributed by atoms with Gasteiger partial charge < -0.3 is 10.1 Å². The van der Waals surface area contributed by atoms with Gasteiger partial charge in [0, 0.05) is 12.6 Å². The molecular weight excluding hydrogens is 186 g/mol. The quantitative estimate of drug-likeness (QED) is 0.729. The lowest BCUT2D eigenvalue weighted by atomic mass is 9.89. The molecule has 0 unspecified atom stereocenters. The third kappa shape index (κ3) is 3.46. The standard InChI is InChI=1S/C13H25NO/c1-2-7-14-12-8-13(9-12)15-10-11-5-3-4-6-11/h11-14H,2-10H2,1H3. The average Bonchev–Trinajstić information content (AvgIpc) is 2.67. The maximum Gasteiger partial charge on any atom is 0.0605 e. The Morgan fingerprint density at radius 2 is 1.93 bits per heavy atom. The summed E-state index contributed by atoms with van der Waals surface area (Å²) in [7, 11) is 0. The van der Waals surface area contributed by atoms with E-state index in [2.05, 4.69) is 12.2 Å². The van der Waals surface area contributed by atoms with Gasteiger partial charge in [0.1, 0.15) is 0 Å². The highest BCUT2D eigenvalue weighted by Gasteiger charge is 2.29. The summed E-state index contributed by atoms with van der Waals surface area (Å²) in [6.45, 7) is 4.42. The molecule has 15 heavy (non-hydrogen) atoms. The Labute approximate surface area is 93.8 Å². The van der Waals surface area contributed by atoms with Crippen LogP contribution in [0.5, 0.6) is 0 Å². The maximum absolute atomic E-state index is 5.93. The highest BCUT2D eigenvalue weighted by Crippen LogP contribution is 2.28. The second-order valence-corrected chi connectivity index (χ2v) is 5.23. The molecule has 2 aliphatic rings. The smallest absolute Gasteiger partial charge is 0.0605 e. The fourth-order valence-corrected chi connectivity index (χ4v) is 2.67. The minimum absolute atomic E-state index is 0.569. The van der Waals surface area contributed by atoms with E-state index in [0.717, 1.165) is 18.6 Å². The summed E-state index contributed by atoms with van der Waals surface area (Å²) in [6, 6.07) is 0.749. The molecular formula is C13H25NO. The summed E-state index contributed by atoms with van der Waals surface area (Å²) >= 11 is 0. The Morgan fingerprint density at radius 3 is 2.60 bits per heavy atom. The van der Waals surface area contributed by atoms with Crippen LogP contribution in [0.1, 0.15) is 51.9 Å². The molecule has 0 radical (unpaired) electrons. The first kappa shape index (κ1) is 11.4. The molecule has 1 N–H and O–H groups in total. The molecule has 0 aromatic carbocycles. The van der Waals surface area contributed by atoms with E-state index in [0.29, 0.717) is 6.10 Å². The molecule has 0 aromatic heterocycles. The molecule has 0 aromatic rings. The van der Waals surface area contributed by atoms with E-state index in [1.54, 1.807) is 0 Å². The second kappa shape index (κ2) is 5.86. The largest absolute Gasteiger partial charge is 0.378 e. The molecule has 0 amide bonds. The Hall–Kier alpha value is -0.0800. The number of hydrogen-bond acceptors (Lipinski definition) is 2. The summed E-state index contributed by atoms with van der Waals surface area (Å²) in [5.41, 5.74) is 0. The molecule has 2 saturated carbocycles. The van der Waals surface area contributed by atoms with Crippen molar-refractivity contribution in [1.82, 2.24) is 5.32 Å². The van der Waals surface area contributed by atoms with Crippen LogP contribution in [0.15, 0.2) is 0 Å². The van der Waals surface area contributed by atoms with Crippen LogP contribution in [0.4, 0.5) is 0 Å². The topological polar surface area (TPSA) is 21.3 Å². The van der Waals surface area contributed by atoms with Crippen LogP contribution >= 0.6 is 0 Å². The molecule has 2 heteroatoms. The van der Waals surface area contributed by atoms with Crippen molar-refractivity contribution < 1.29 is 4.74 Å². The van der Waals surface area contributed by atoms with Gasteiger partial charge in [0.15, 0.2) is 0 Å². The van der Waals surface area contributed by atoms with E-state index in [1.807, 2.05) is 0 Å². The normalized spacial score (nSPS) is 31.8. The lowest BCUT2D eigenvalue weighted by Gasteiger charge is -2.36. The van der Waals surface area contributed by atoms with E-state index in [1.165, 1.54) is 51.5 Å². The van der Waals surface area contributed by atoms with Crippen LogP contribution in [0, 0.1) is 5.92 Å². The highest BCUT2D eigenvalue weighted by atomic mass is 16.5. The fourth-order valence-electron chi connectivity index (χ4n) is 2.67. The Morgan fingerprint density at radius 1 is 1.20 bits per heavy atom. The van der Waals surface area contributed by atoms with Gasteiger partial charge in [-0.3, -0.25) is 0 Å². The molecule has 2 nitrogen and oxygen atoms in total. The Kier molecular flexibility index (Phi) is 4.45. The lowest BCUT2D eigenvalue weighted by Crippen LogP contribution is -2.46. The van der Waals surface area contributed by atoms with Gasteiger partial charge in [-0.1, -0.05) is 19.8 Å². The van der Waals surface area contributed by atoms with E-state index >= 15 is 0 Å². The summed E-state index contributed by atoms with van der Waals surface area (Å²) in [5.74, 6) is 0.882. The fraction of sp³-hybridized carbons (Fsp3) is 1.00. The third-order valence-electron chi connectivity index (χ3n) is 3.82. The van der Waals surface area contributed by atoms with Gasteiger partial charge in [-0.25, -0.2) is 0 Å². The number of rotatable bonds is 6. The predicted octanol–water partition coefficient (Wildman–Crippen LogP) is 2.72. The summed E-state index contributed by atoms with van der Waals surface area (Å²) < 4.78 is 5.93. The highest BCUT2D eigenvalue weighted by molar-refractivity contribution is 4.86. The number of ether oxygens (including phenoxy) is 1. The molecule has 0 saturated heterocycles. The first-order chi connectivity index (χ1) is 7.38. The van der Waals surface area contributed by atoms with E-state index < -0.39 is 0 Å². The Bertz CT molecular complexity index is 171. The molecule has 0 aliphatic heterocycles. The first-order valence-electron chi connectivity index (χ1n) is 6.73. The average molecular weight is 211 g/mol. The van der Waals surface area contributed by atoms with Crippen molar-refractivity contribution in [2.45, 2.75) is 64.0 Å². The zero-order valence-electron chi connectivity index (χ0n) is 10.0.